The summed E-state index contributed by atoms with van der Waals surface area (Å²) in [7, 11) is 2.96. The molecular formula is C18H17NO4. The van der Waals surface area contributed by atoms with Gasteiger partial charge in [0.05, 0.1) is 26.3 Å². The van der Waals surface area contributed by atoms with E-state index < -0.39 is 5.97 Å². The molecule has 5 heteroatoms. The molecule has 1 heterocycles. The number of methoxy groups -OCH3 is 2. The summed E-state index contributed by atoms with van der Waals surface area (Å²) in [5.41, 5.74) is 2.89. The second kappa shape index (κ2) is 6.12. The molecule has 3 rings (SSSR count). The first-order chi connectivity index (χ1) is 11.1. The summed E-state index contributed by atoms with van der Waals surface area (Å²) in [6.07, 6.45) is 0. The van der Waals surface area contributed by atoms with Crippen molar-refractivity contribution in [2.45, 2.75) is 6.54 Å². The van der Waals surface area contributed by atoms with E-state index in [1.165, 1.54) is 7.11 Å². The lowest BCUT2D eigenvalue weighted by Gasteiger charge is -2.30. The average Bonchev–Trinajstić information content (AvgIpc) is 2.60. The first-order valence-corrected chi connectivity index (χ1v) is 7.26. The molecule has 0 saturated carbocycles. The van der Waals surface area contributed by atoms with Gasteiger partial charge in [0.1, 0.15) is 5.75 Å². The number of hydrogen-bond donors (Lipinski definition) is 0. The standard InChI is InChI=1S/C18H17NO4/c1-22-15-6-4-14(5-7-15)19-10-13-9-12(18(21)23-2)3-8-16(13)17(20)11-19/h3-9H,10-11H2,1-2H3. The molecule has 0 saturated heterocycles. The summed E-state index contributed by atoms with van der Waals surface area (Å²) in [5.74, 6) is 0.408. The van der Waals surface area contributed by atoms with Crippen LogP contribution >= 0.6 is 0 Å². The van der Waals surface area contributed by atoms with Crippen molar-refractivity contribution in [2.75, 3.05) is 25.7 Å². The fraction of sp³-hybridized carbons (Fsp3) is 0.222. The second-order valence-electron chi connectivity index (χ2n) is 5.34. The van der Waals surface area contributed by atoms with Crippen molar-refractivity contribution in [3.05, 3.63) is 59.2 Å². The van der Waals surface area contributed by atoms with E-state index in [4.69, 9.17) is 9.47 Å². The minimum atomic E-state index is -0.401. The van der Waals surface area contributed by atoms with Crippen LogP contribution in [0, 0.1) is 0 Å². The summed E-state index contributed by atoms with van der Waals surface area (Å²) in [6, 6.07) is 12.6. The lowest BCUT2D eigenvalue weighted by atomic mass is 9.96. The zero-order chi connectivity index (χ0) is 16.4. The summed E-state index contributed by atoms with van der Waals surface area (Å²) in [6.45, 7) is 0.884. The Balaban J connectivity index is 1.91. The zero-order valence-electron chi connectivity index (χ0n) is 13.0. The Morgan fingerprint density at radius 1 is 1.04 bits per heavy atom. The first-order valence-electron chi connectivity index (χ1n) is 7.26. The number of fused-ring (bicyclic) bond motifs is 1. The van der Waals surface area contributed by atoms with Gasteiger partial charge >= 0.3 is 5.97 Å². The van der Waals surface area contributed by atoms with Crippen LogP contribution in [0.3, 0.4) is 0 Å². The number of carbonyl (C=O) groups is 2. The number of hydrogen-bond acceptors (Lipinski definition) is 5. The molecule has 2 aromatic carbocycles. The van der Waals surface area contributed by atoms with Gasteiger partial charge in [-0.15, -0.1) is 0 Å². The van der Waals surface area contributed by atoms with Gasteiger partial charge in [-0.2, -0.15) is 0 Å². The first kappa shape index (κ1) is 15.1. The van der Waals surface area contributed by atoms with Gasteiger partial charge < -0.3 is 14.4 Å². The molecule has 2 aromatic rings. The Morgan fingerprint density at radius 3 is 2.43 bits per heavy atom. The summed E-state index contributed by atoms with van der Waals surface area (Å²) < 4.78 is 9.89. The molecule has 0 amide bonds. The minimum Gasteiger partial charge on any atom is -0.497 e. The number of nitrogens with zero attached hydrogens (tertiary/aromatic N) is 1. The van der Waals surface area contributed by atoms with Crippen LogP contribution in [0.1, 0.15) is 26.3 Å². The van der Waals surface area contributed by atoms with Gasteiger partial charge in [-0.1, -0.05) is 6.07 Å². The number of ether oxygens (including phenoxy) is 2. The predicted molar refractivity (Wildman–Crippen MR) is 86.2 cm³/mol. The van der Waals surface area contributed by atoms with Crippen LogP contribution in [0.2, 0.25) is 0 Å². The van der Waals surface area contributed by atoms with Gasteiger partial charge in [-0.3, -0.25) is 4.79 Å². The second-order valence-corrected chi connectivity index (χ2v) is 5.34. The molecule has 1 aliphatic rings. The van der Waals surface area contributed by atoms with Crippen LogP contribution in [-0.4, -0.2) is 32.5 Å². The highest BCUT2D eigenvalue weighted by molar-refractivity contribution is 6.03. The number of benzene rings is 2. The molecule has 23 heavy (non-hydrogen) atoms. The lowest BCUT2D eigenvalue weighted by Crippen LogP contribution is -2.35. The SMILES string of the molecule is COC(=O)c1ccc2c(c1)CN(c1ccc(OC)cc1)CC2=O. The Labute approximate surface area is 134 Å². The van der Waals surface area contributed by atoms with E-state index in [1.54, 1.807) is 25.3 Å². The average molecular weight is 311 g/mol. The molecule has 0 bridgehead atoms. The highest BCUT2D eigenvalue weighted by atomic mass is 16.5. The van der Waals surface area contributed by atoms with E-state index in [0.29, 0.717) is 24.2 Å². The Hall–Kier alpha value is -2.82. The smallest absolute Gasteiger partial charge is 0.337 e. The molecule has 0 unspecified atom stereocenters. The van der Waals surface area contributed by atoms with Crippen molar-refractivity contribution < 1.29 is 19.1 Å². The number of esters is 1. The minimum absolute atomic E-state index is 0.0403. The molecule has 0 radical (unpaired) electrons. The number of carbonyl (C=O) groups excluding carboxylic acids is 2. The van der Waals surface area contributed by atoms with Crippen LogP contribution in [-0.2, 0) is 11.3 Å². The van der Waals surface area contributed by atoms with E-state index in [1.807, 2.05) is 29.2 Å². The maximum absolute atomic E-state index is 12.4. The van der Waals surface area contributed by atoms with E-state index in [9.17, 15) is 9.59 Å². The number of rotatable bonds is 3. The van der Waals surface area contributed by atoms with Crippen molar-refractivity contribution >= 4 is 17.4 Å². The highest BCUT2D eigenvalue weighted by Crippen LogP contribution is 2.27. The molecule has 0 atom stereocenters. The molecule has 0 N–H and O–H groups in total. The molecule has 0 aliphatic carbocycles. The molecule has 118 valence electrons. The summed E-state index contributed by atoms with van der Waals surface area (Å²) in [5, 5.41) is 0. The lowest BCUT2D eigenvalue weighted by molar-refractivity contribution is 0.0600. The Morgan fingerprint density at radius 2 is 1.78 bits per heavy atom. The molecule has 1 aliphatic heterocycles. The summed E-state index contributed by atoms with van der Waals surface area (Å²) >= 11 is 0. The van der Waals surface area contributed by atoms with Crippen molar-refractivity contribution in [2.24, 2.45) is 0 Å². The largest absolute Gasteiger partial charge is 0.497 e. The maximum atomic E-state index is 12.4. The topological polar surface area (TPSA) is 55.8 Å². The van der Waals surface area contributed by atoms with Gasteiger partial charge in [0.25, 0.3) is 0 Å². The van der Waals surface area contributed by atoms with Crippen LogP contribution in [0.4, 0.5) is 5.69 Å². The fourth-order valence-corrected chi connectivity index (χ4v) is 2.74. The third kappa shape index (κ3) is 2.90. The molecule has 0 spiro atoms. The normalized spacial score (nSPS) is 13.5. The van der Waals surface area contributed by atoms with Gasteiger partial charge in [-0.25, -0.2) is 4.79 Å². The number of Topliss-reactive ketones (excluding diaryl/α,β-unsaturated/α-hetero) is 1. The van der Waals surface area contributed by atoms with Crippen LogP contribution in [0.25, 0.3) is 0 Å². The number of anilines is 1. The van der Waals surface area contributed by atoms with Gasteiger partial charge in [0, 0.05) is 17.8 Å². The van der Waals surface area contributed by atoms with E-state index >= 15 is 0 Å². The van der Waals surface area contributed by atoms with Crippen molar-refractivity contribution in [1.29, 1.82) is 0 Å². The van der Waals surface area contributed by atoms with Crippen LogP contribution in [0.15, 0.2) is 42.5 Å². The van der Waals surface area contributed by atoms with Crippen LogP contribution in [0.5, 0.6) is 5.75 Å². The number of ketones is 1. The quantitative estimate of drug-likeness (QED) is 0.816. The Kier molecular flexibility index (Phi) is 4.02. The van der Waals surface area contributed by atoms with Gasteiger partial charge in [0.2, 0.25) is 0 Å². The monoisotopic (exact) mass is 311 g/mol. The van der Waals surface area contributed by atoms with Crippen molar-refractivity contribution in [3.63, 3.8) is 0 Å². The predicted octanol–water partition coefficient (Wildman–Crippen LogP) is 2.68. The Bertz CT molecular complexity index is 752. The van der Waals surface area contributed by atoms with E-state index in [-0.39, 0.29) is 5.78 Å². The fourth-order valence-electron chi connectivity index (χ4n) is 2.74. The molecular weight excluding hydrogens is 294 g/mol. The summed E-state index contributed by atoms with van der Waals surface area (Å²) in [4.78, 5) is 26.0. The van der Waals surface area contributed by atoms with Crippen molar-refractivity contribution in [3.8, 4) is 5.75 Å². The van der Waals surface area contributed by atoms with E-state index in [0.717, 1.165) is 17.0 Å². The van der Waals surface area contributed by atoms with Gasteiger partial charge in [-0.05, 0) is 42.0 Å². The van der Waals surface area contributed by atoms with Gasteiger partial charge in [0.15, 0.2) is 5.78 Å². The molecule has 5 nitrogen and oxygen atoms in total. The third-order valence-corrected chi connectivity index (χ3v) is 3.96. The third-order valence-electron chi connectivity index (χ3n) is 3.96. The van der Waals surface area contributed by atoms with Crippen LogP contribution < -0.4 is 9.64 Å². The molecule has 0 aromatic heterocycles. The van der Waals surface area contributed by atoms with Crippen molar-refractivity contribution in [1.82, 2.24) is 0 Å². The maximum Gasteiger partial charge on any atom is 0.337 e. The molecule has 0 fully saturated rings. The van der Waals surface area contributed by atoms with E-state index in [2.05, 4.69) is 0 Å². The zero-order valence-corrected chi connectivity index (χ0v) is 13.0. The highest BCUT2D eigenvalue weighted by Gasteiger charge is 2.24.